The van der Waals surface area contributed by atoms with Crippen LogP contribution in [-0.2, 0) is 11.2 Å². The summed E-state index contributed by atoms with van der Waals surface area (Å²) in [6.07, 6.45) is 2.11. The highest BCUT2D eigenvalue weighted by Gasteiger charge is 2.09. The first-order chi connectivity index (χ1) is 12.6. The molecule has 0 aliphatic heterocycles. The first kappa shape index (κ1) is 17.8. The summed E-state index contributed by atoms with van der Waals surface area (Å²) in [7, 11) is 0. The van der Waals surface area contributed by atoms with Gasteiger partial charge in [-0.2, -0.15) is 0 Å². The molecule has 5 nitrogen and oxygen atoms in total. The standard InChI is InChI=1S/C19H16FN3O2S/c20-16-4-2-1-3-13(16)7-10-17(24)22-15-8-5-14(6-9-15)18(25)23-19-21-11-12-26-19/h1-6,8-9,11-12H,7,10H2,(H,22,24)(H,21,23,25). The van der Waals surface area contributed by atoms with Crippen molar-refractivity contribution in [3.05, 3.63) is 77.1 Å². The van der Waals surface area contributed by atoms with Crippen LogP contribution in [0.4, 0.5) is 15.2 Å². The Morgan fingerprint density at radius 1 is 1.04 bits per heavy atom. The van der Waals surface area contributed by atoms with Gasteiger partial charge in [-0.1, -0.05) is 18.2 Å². The van der Waals surface area contributed by atoms with Crippen LogP contribution in [0.3, 0.4) is 0 Å². The molecular formula is C19H16FN3O2S. The number of anilines is 2. The molecule has 0 unspecified atom stereocenters. The van der Waals surface area contributed by atoms with Crippen molar-refractivity contribution in [2.24, 2.45) is 0 Å². The van der Waals surface area contributed by atoms with Gasteiger partial charge in [0.15, 0.2) is 5.13 Å². The monoisotopic (exact) mass is 369 g/mol. The fourth-order valence-electron chi connectivity index (χ4n) is 2.33. The molecule has 0 aliphatic carbocycles. The van der Waals surface area contributed by atoms with Crippen LogP contribution in [0.5, 0.6) is 0 Å². The van der Waals surface area contributed by atoms with E-state index < -0.39 is 0 Å². The molecule has 0 saturated carbocycles. The summed E-state index contributed by atoms with van der Waals surface area (Å²) in [6, 6.07) is 12.9. The largest absolute Gasteiger partial charge is 0.326 e. The van der Waals surface area contributed by atoms with E-state index in [4.69, 9.17) is 0 Å². The molecule has 132 valence electrons. The summed E-state index contributed by atoms with van der Waals surface area (Å²) in [5.41, 5.74) is 1.55. The van der Waals surface area contributed by atoms with E-state index in [1.54, 1.807) is 54.0 Å². The summed E-state index contributed by atoms with van der Waals surface area (Å²) in [5.74, 6) is -0.790. The number of halogens is 1. The first-order valence-electron chi connectivity index (χ1n) is 7.96. The third-order valence-corrected chi connectivity index (χ3v) is 4.35. The normalized spacial score (nSPS) is 10.3. The van der Waals surface area contributed by atoms with Gasteiger partial charge >= 0.3 is 0 Å². The first-order valence-corrected chi connectivity index (χ1v) is 8.84. The van der Waals surface area contributed by atoms with Crippen LogP contribution in [0, 0.1) is 5.82 Å². The van der Waals surface area contributed by atoms with Crippen molar-refractivity contribution in [2.45, 2.75) is 12.8 Å². The van der Waals surface area contributed by atoms with Crippen LogP contribution < -0.4 is 10.6 Å². The zero-order chi connectivity index (χ0) is 18.4. The minimum Gasteiger partial charge on any atom is -0.326 e. The number of thiazole rings is 1. The van der Waals surface area contributed by atoms with Gasteiger partial charge in [0.2, 0.25) is 5.91 Å². The van der Waals surface area contributed by atoms with Crippen molar-refractivity contribution >= 4 is 34.0 Å². The van der Waals surface area contributed by atoms with Crippen LogP contribution in [-0.4, -0.2) is 16.8 Å². The maximum atomic E-state index is 13.5. The quantitative estimate of drug-likeness (QED) is 0.687. The lowest BCUT2D eigenvalue weighted by atomic mass is 10.1. The minimum atomic E-state index is -0.309. The molecule has 26 heavy (non-hydrogen) atoms. The van der Waals surface area contributed by atoms with E-state index in [0.717, 1.165) is 0 Å². The number of hydrogen-bond acceptors (Lipinski definition) is 4. The van der Waals surface area contributed by atoms with E-state index in [-0.39, 0.29) is 24.1 Å². The molecule has 0 bridgehead atoms. The smallest absolute Gasteiger partial charge is 0.257 e. The van der Waals surface area contributed by atoms with E-state index in [1.165, 1.54) is 17.4 Å². The molecule has 0 aliphatic rings. The Kier molecular flexibility index (Phi) is 5.70. The fourth-order valence-corrected chi connectivity index (χ4v) is 2.86. The number of carbonyl (C=O) groups excluding carboxylic acids is 2. The minimum absolute atomic E-state index is 0.174. The van der Waals surface area contributed by atoms with Crippen molar-refractivity contribution in [1.29, 1.82) is 0 Å². The summed E-state index contributed by atoms with van der Waals surface area (Å²) in [4.78, 5) is 28.1. The van der Waals surface area contributed by atoms with Gasteiger partial charge in [-0.25, -0.2) is 9.37 Å². The molecule has 2 aromatic carbocycles. The Bertz CT molecular complexity index is 895. The van der Waals surface area contributed by atoms with Crippen LogP contribution in [0.1, 0.15) is 22.3 Å². The van der Waals surface area contributed by atoms with Crippen molar-refractivity contribution in [1.82, 2.24) is 4.98 Å². The Hall–Kier alpha value is -3.06. The van der Waals surface area contributed by atoms with Crippen molar-refractivity contribution in [3.8, 4) is 0 Å². The van der Waals surface area contributed by atoms with Gasteiger partial charge in [0.1, 0.15) is 5.82 Å². The number of nitrogens with zero attached hydrogens (tertiary/aromatic N) is 1. The number of aromatic nitrogens is 1. The molecule has 2 N–H and O–H groups in total. The van der Waals surface area contributed by atoms with E-state index in [1.807, 2.05) is 0 Å². The van der Waals surface area contributed by atoms with Gasteiger partial charge in [0.05, 0.1) is 0 Å². The molecule has 2 amide bonds. The number of hydrogen-bond donors (Lipinski definition) is 2. The second kappa shape index (κ2) is 8.35. The summed E-state index contributed by atoms with van der Waals surface area (Å²) >= 11 is 1.34. The van der Waals surface area contributed by atoms with Gasteiger partial charge in [-0.05, 0) is 42.3 Å². The molecule has 7 heteroatoms. The third-order valence-electron chi connectivity index (χ3n) is 3.66. The van der Waals surface area contributed by atoms with Crippen molar-refractivity contribution in [3.63, 3.8) is 0 Å². The maximum absolute atomic E-state index is 13.5. The molecule has 1 aromatic heterocycles. The summed E-state index contributed by atoms with van der Waals surface area (Å²) in [6.45, 7) is 0. The van der Waals surface area contributed by atoms with Crippen LogP contribution in [0.25, 0.3) is 0 Å². The fraction of sp³-hybridized carbons (Fsp3) is 0.105. The average molecular weight is 369 g/mol. The molecular weight excluding hydrogens is 353 g/mol. The predicted octanol–water partition coefficient (Wildman–Crippen LogP) is 4.11. The molecule has 3 aromatic rings. The van der Waals surface area contributed by atoms with Crippen molar-refractivity contribution in [2.75, 3.05) is 10.6 Å². The van der Waals surface area contributed by atoms with E-state index in [9.17, 15) is 14.0 Å². The number of amides is 2. The lowest BCUT2D eigenvalue weighted by Crippen LogP contribution is -2.14. The topological polar surface area (TPSA) is 71.1 Å². The Morgan fingerprint density at radius 3 is 2.50 bits per heavy atom. The number of nitrogens with one attached hydrogen (secondary N) is 2. The Labute approximate surface area is 153 Å². The highest BCUT2D eigenvalue weighted by molar-refractivity contribution is 7.13. The van der Waals surface area contributed by atoms with E-state index in [0.29, 0.717) is 28.4 Å². The Morgan fingerprint density at radius 2 is 1.81 bits per heavy atom. The van der Waals surface area contributed by atoms with Gasteiger partial charge in [0, 0.05) is 29.2 Å². The molecule has 0 radical (unpaired) electrons. The van der Waals surface area contributed by atoms with Crippen LogP contribution >= 0.6 is 11.3 Å². The number of carbonyl (C=O) groups is 2. The van der Waals surface area contributed by atoms with E-state index in [2.05, 4.69) is 15.6 Å². The van der Waals surface area contributed by atoms with Gasteiger partial charge in [-0.3, -0.25) is 14.9 Å². The molecule has 0 saturated heterocycles. The SMILES string of the molecule is O=C(CCc1ccccc1F)Nc1ccc(C(=O)Nc2nccs2)cc1. The van der Waals surface area contributed by atoms with Gasteiger partial charge in [0.25, 0.3) is 5.91 Å². The Balaban J connectivity index is 1.53. The number of rotatable bonds is 6. The predicted molar refractivity (Wildman–Crippen MR) is 99.9 cm³/mol. The molecule has 1 heterocycles. The molecule has 3 rings (SSSR count). The zero-order valence-electron chi connectivity index (χ0n) is 13.7. The second-order valence-electron chi connectivity index (χ2n) is 5.51. The molecule has 0 spiro atoms. The summed E-state index contributed by atoms with van der Waals surface area (Å²) in [5, 5.41) is 7.73. The zero-order valence-corrected chi connectivity index (χ0v) is 14.6. The maximum Gasteiger partial charge on any atom is 0.257 e. The number of benzene rings is 2. The lowest BCUT2D eigenvalue weighted by molar-refractivity contribution is -0.116. The summed E-state index contributed by atoms with van der Waals surface area (Å²) < 4.78 is 13.5. The molecule has 0 atom stereocenters. The van der Waals surface area contributed by atoms with Crippen molar-refractivity contribution < 1.29 is 14.0 Å². The van der Waals surface area contributed by atoms with E-state index >= 15 is 0 Å². The second-order valence-corrected chi connectivity index (χ2v) is 6.40. The van der Waals surface area contributed by atoms with Crippen LogP contribution in [0.2, 0.25) is 0 Å². The third kappa shape index (κ3) is 4.73. The van der Waals surface area contributed by atoms with Gasteiger partial charge < -0.3 is 5.32 Å². The van der Waals surface area contributed by atoms with Gasteiger partial charge in [-0.15, -0.1) is 11.3 Å². The number of aryl methyl sites for hydroxylation is 1. The highest BCUT2D eigenvalue weighted by Crippen LogP contribution is 2.15. The van der Waals surface area contributed by atoms with Crippen LogP contribution in [0.15, 0.2) is 60.1 Å². The molecule has 0 fully saturated rings. The average Bonchev–Trinajstić information content (AvgIpc) is 3.14. The highest BCUT2D eigenvalue weighted by atomic mass is 32.1. The lowest BCUT2D eigenvalue weighted by Gasteiger charge is -2.07.